The Hall–Kier alpha value is -0.590. The van der Waals surface area contributed by atoms with Crippen LogP contribution in [0.1, 0.15) is 26.3 Å². The van der Waals surface area contributed by atoms with E-state index in [4.69, 9.17) is 0 Å². The summed E-state index contributed by atoms with van der Waals surface area (Å²) in [5.74, 6) is 0. The molecule has 1 aromatic rings. The normalized spacial score (nSPS) is 12.2. The van der Waals surface area contributed by atoms with Crippen molar-refractivity contribution in [1.29, 1.82) is 0 Å². The lowest BCUT2D eigenvalue weighted by Crippen LogP contribution is -2.37. The highest BCUT2D eigenvalue weighted by Gasteiger charge is 2.21. The molecule has 1 N–H and O–H groups in total. The quantitative estimate of drug-likeness (QED) is 0.899. The predicted octanol–water partition coefficient (Wildman–Crippen LogP) is 3.01. The molecule has 0 aromatic heterocycles. The van der Waals surface area contributed by atoms with E-state index in [0.717, 1.165) is 16.5 Å². The van der Waals surface area contributed by atoms with E-state index in [1.54, 1.807) is 13.1 Å². The summed E-state index contributed by atoms with van der Waals surface area (Å²) in [7, 11) is -1.92. The van der Waals surface area contributed by atoms with Gasteiger partial charge in [0.2, 0.25) is 0 Å². The molecule has 0 fully saturated rings. The van der Waals surface area contributed by atoms with E-state index in [1.165, 1.54) is 4.31 Å². The maximum atomic E-state index is 12.1. The van der Waals surface area contributed by atoms with Gasteiger partial charge in [0, 0.05) is 17.6 Å². The van der Waals surface area contributed by atoms with Crippen LogP contribution in [0.5, 0.6) is 0 Å². The van der Waals surface area contributed by atoms with Crippen LogP contribution in [0, 0.1) is 0 Å². The minimum atomic E-state index is -3.49. The van der Waals surface area contributed by atoms with Gasteiger partial charge in [-0.1, -0.05) is 22.9 Å². The van der Waals surface area contributed by atoms with E-state index in [1.807, 2.05) is 32.9 Å². The lowest BCUT2D eigenvalue weighted by atomic mass is 10.1. The van der Waals surface area contributed by atoms with Crippen LogP contribution >= 0.6 is 15.9 Å². The Labute approximate surface area is 118 Å². The van der Waals surface area contributed by atoms with Crippen LogP contribution in [0.25, 0.3) is 0 Å². The van der Waals surface area contributed by atoms with Crippen molar-refractivity contribution < 1.29 is 8.42 Å². The van der Waals surface area contributed by atoms with E-state index in [2.05, 4.69) is 20.7 Å². The number of nitrogens with one attached hydrogen (secondary N) is 1. The Morgan fingerprint density at radius 1 is 1.39 bits per heavy atom. The molecule has 6 heteroatoms. The molecule has 1 aromatic carbocycles. The average Bonchev–Trinajstić information content (AvgIpc) is 2.30. The largest absolute Gasteiger partial charge is 0.301 e. The number of hydrogen-bond acceptors (Lipinski definition) is 2. The fourth-order valence-electron chi connectivity index (χ4n) is 1.44. The van der Waals surface area contributed by atoms with Gasteiger partial charge in [-0.25, -0.2) is 0 Å². The molecule has 0 aliphatic carbocycles. The maximum absolute atomic E-state index is 12.1. The molecule has 4 nitrogen and oxygen atoms in total. The summed E-state index contributed by atoms with van der Waals surface area (Å²) in [4.78, 5) is 0. The van der Waals surface area contributed by atoms with Gasteiger partial charge in [-0.2, -0.15) is 12.7 Å². The molecule has 0 unspecified atom stereocenters. The van der Waals surface area contributed by atoms with E-state index in [9.17, 15) is 8.42 Å². The van der Waals surface area contributed by atoms with Crippen molar-refractivity contribution in [3.63, 3.8) is 0 Å². The van der Waals surface area contributed by atoms with Gasteiger partial charge < -0.3 is 0 Å². The first-order chi connectivity index (χ1) is 8.27. The topological polar surface area (TPSA) is 49.4 Å². The first-order valence-electron chi connectivity index (χ1n) is 5.82. The second-order valence-corrected chi connectivity index (χ2v) is 7.02. The molecule has 102 valence electrons. The van der Waals surface area contributed by atoms with Crippen LogP contribution in [0.15, 0.2) is 22.7 Å². The van der Waals surface area contributed by atoms with Crippen molar-refractivity contribution >= 4 is 31.8 Å². The zero-order valence-electron chi connectivity index (χ0n) is 11.1. The predicted molar refractivity (Wildman–Crippen MR) is 79.0 cm³/mol. The molecule has 0 bridgehead atoms. The second kappa shape index (κ2) is 6.04. The second-order valence-electron chi connectivity index (χ2n) is 4.37. The van der Waals surface area contributed by atoms with Gasteiger partial charge in [0.05, 0.1) is 5.69 Å². The summed E-state index contributed by atoms with van der Waals surface area (Å²) in [6, 6.07) is 5.44. The smallest absolute Gasteiger partial charge is 0.271 e. The molecule has 0 saturated heterocycles. The number of halogens is 1. The van der Waals surface area contributed by atoms with Gasteiger partial charge in [-0.15, -0.1) is 0 Å². The zero-order chi connectivity index (χ0) is 13.9. The molecule has 0 aliphatic rings. The number of nitrogens with zero attached hydrogens (tertiary/aromatic N) is 1. The SMILES string of the molecule is CCc1cc(Br)ccc1NS(=O)(=O)N(C)C(C)C. The molecule has 0 saturated carbocycles. The summed E-state index contributed by atoms with van der Waals surface area (Å²) in [6.45, 7) is 5.66. The van der Waals surface area contributed by atoms with Crippen molar-refractivity contribution in [3.05, 3.63) is 28.2 Å². The van der Waals surface area contributed by atoms with Crippen molar-refractivity contribution in [2.75, 3.05) is 11.8 Å². The molecule has 0 aliphatic heterocycles. The molecule has 1 rings (SSSR count). The minimum absolute atomic E-state index is 0.0805. The van der Waals surface area contributed by atoms with Crippen LogP contribution in [-0.4, -0.2) is 25.8 Å². The van der Waals surface area contributed by atoms with Crippen LogP contribution in [-0.2, 0) is 16.6 Å². The highest BCUT2D eigenvalue weighted by atomic mass is 79.9. The van der Waals surface area contributed by atoms with Crippen molar-refractivity contribution in [1.82, 2.24) is 4.31 Å². The number of anilines is 1. The highest BCUT2D eigenvalue weighted by Crippen LogP contribution is 2.23. The molecule has 0 radical (unpaired) electrons. The minimum Gasteiger partial charge on any atom is -0.271 e. The van der Waals surface area contributed by atoms with Gasteiger partial charge in [0.25, 0.3) is 0 Å². The summed E-state index contributed by atoms with van der Waals surface area (Å²) in [5.41, 5.74) is 1.60. The summed E-state index contributed by atoms with van der Waals surface area (Å²) in [6.07, 6.45) is 0.767. The Bertz CT molecular complexity index is 515. The lowest BCUT2D eigenvalue weighted by Gasteiger charge is -2.22. The number of rotatable bonds is 5. The highest BCUT2D eigenvalue weighted by molar-refractivity contribution is 9.10. The molecule has 18 heavy (non-hydrogen) atoms. The Morgan fingerprint density at radius 2 is 2.00 bits per heavy atom. The summed E-state index contributed by atoms with van der Waals surface area (Å²) in [5, 5.41) is 0. The average molecular weight is 335 g/mol. The third kappa shape index (κ3) is 3.70. The van der Waals surface area contributed by atoms with E-state index in [0.29, 0.717) is 5.69 Å². The Kier molecular flexibility index (Phi) is 5.19. The van der Waals surface area contributed by atoms with Gasteiger partial charge in [-0.05, 0) is 44.0 Å². The van der Waals surface area contributed by atoms with E-state index >= 15 is 0 Å². The zero-order valence-corrected chi connectivity index (χ0v) is 13.5. The number of hydrogen-bond donors (Lipinski definition) is 1. The van der Waals surface area contributed by atoms with E-state index < -0.39 is 10.2 Å². The monoisotopic (exact) mass is 334 g/mol. The van der Waals surface area contributed by atoms with Gasteiger partial charge in [0.15, 0.2) is 0 Å². The lowest BCUT2D eigenvalue weighted by molar-refractivity contribution is 0.414. The van der Waals surface area contributed by atoms with Gasteiger partial charge >= 0.3 is 10.2 Å². The molecule has 0 spiro atoms. The first-order valence-corrected chi connectivity index (χ1v) is 8.05. The summed E-state index contributed by atoms with van der Waals surface area (Å²) < 4.78 is 29.1. The molecular weight excluding hydrogens is 316 g/mol. The molecule has 0 amide bonds. The van der Waals surface area contributed by atoms with Crippen LogP contribution in [0.2, 0.25) is 0 Å². The number of benzene rings is 1. The van der Waals surface area contributed by atoms with Gasteiger partial charge in [0.1, 0.15) is 0 Å². The number of aryl methyl sites for hydroxylation is 1. The fraction of sp³-hybridized carbons (Fsp3) is 0.500. The third-order valence-electron chi connectivity index (χ3n) is 2.79. The summed E-state index contributed by atoms with van der Waals surface area (Å²) >= 11 is 3.38. The Morgan fingerprint density at radius 3 is 2.50 bits per heavy atom. The molecule has 0 heterocycles. The van der Waals surface area contributed by atoms with Crippen molar-refractivity contribution in [2.45, 2.75) is 33.2 Å². The molecular formula is C12H19BrN2O2S. The van der Waals surface area contributed by atoms with Crippen molar-refractivity contribution in [3.8, 4) is 0 Å². The third-order valence-corrected chi connectivity index (χ3v) is 4.94. The van der Waals surface area contributed by atoms with Crippen LogP contribution in [0.4, 0.5) is 5.69 Å². The van der Waals surface area contributed by atoms with Crippen LogP contribution < -0.4 is 4.72 Å². The van der Waals surface area contributed by atoms with Crippen molar-refractivity contribution in [2.24, 2.45) is 0 Å². The van der Waals surface area contributed by atoms with E-state index in [-0.39, 0.29) is 6.04 Å². The maximum Gasteiger partial charge on any atom is 0.301 e. The first kappa shape index (κ1) is 15.5. The fourth-order valence-corrected chi connectivity index (χ4v) is 3.03. The Balaban J connectivity index is 3.04. The van der Waals surface area contributed by atoms with Gasteiger partial charge in [-0.3, -0.25) is 4.72 Å². The standard InChI is InChI=1S/C12H19BrN2O2S/c1-5-10-8-11(13)6-7-12(10)14-18(16,17)15(4)9(2)3/h6-9,14H,5H2,1-4H3. The van der Waals surface area contributed by atoms with Crippen LogP contribution in [0.3, 0.4) is 0 Å². The molecule has 0 atom stereocenters.